The van der Waals surface area contributed by atoms with E-state index in [1.807, 2.05) is 17.9 Å². The predicted molar refractivity (Wildman–Crippen MR) is 144 cm³/mol. The summed E-state index contributed by atoms with van der Waals surface area (Å²) in [6.45, 7) is 5.98. The Kier molecular flexibility index (Phi) is 7.02. The second-order valence-corrected chi connectivity index (χ2v) is 10.2. The third-order valence-electron chi connectivity index (χ3n) is 6.21. The van der Waals surface area contributed by atoms with E-state index in [0.29, 0.717) is 64.8 Å². The number of pyridine rings is 1. The van der Waals surface area contributed by atoms with Crippen molar-refractivity contribution in [1.82, 2.24) is 19.2 Å². The van der Waals surface area contributed by atoms with Gasteiger partial charge in [0.15, 0.2) is 0 Å². The third kappa shape index (κ3) is 4.86. The van der Waals surface area contributed by atoms with Crippen LogP contribution in [-0.2, 0) is 16.1 Å². The van der Waals surface area contributed by atoms with E-state index in [9.17, 15) is 14.4 Å². The van der Waals surface area contributed by atoms with Crippen LogP contribution in [0.3, 0.4) is 0 Å². The number of piperazine rings is 1. The van der Waals surface area contributed by atoms with E-state index in [1.165, 1.54) is 9.30 Å². The fourth-order valence-corrected chi connectivity index (χ4v) is 5.55. The van der Waals surface area contributed by atoms with Gasteiger partial charge in [-0.25, -0.2) is 9.78 Å². The summed E-state index contributed by atoms with van der Waals surface area (Å²) in [6.07, 6.45) is 4.43. The number of fused-ring (bicyclic) bond motifs is 1. The van der Waals surface area contributed by atoms with Gasteiger partial charge in [0.1, 0.15) is 21.5 Å². The van der Waals surface area contributed by atoms with Gasteiger partial charge in [0.2, 0.25) is 0 Å². The molecule has 0 aromatic carbocycles. The van der Waals surface area contributed by atoms with Crippen LogP contribution in [0.15, 0.2) is 50.8 Å². The molecule has 3 aromatic rings. The number of carbonyl (C=O) groups excluding carboxylic acids is 2. The minimum Gasteiger partial charge on any atom is -0.467 e. The molecule has 0 N–H and O–H groups in total. The molecule has 12 heteroatoms. The van der Waals surface area contributed by atoms with Crippen LogP contribution in [0.2, 0.25) is 0 Å². The standard InChI is InChI=1S/C25H25N5O5S2/c1-3-34-24(33)28-11-9-27(10-12-28)21-18(22(31)29-8-4-6-16(2)20(29)26-21)14-19-23(32)30(25(36)37-19)15-17-7-5-13-35-17/h4-8,13-14H,3,9-12,15H2,1-2H3. The van der Waals surface area contributed by atoms with Crippen LogP contribution in [0.25, 0.3) is 11.7 Å². The molecule has 2 amide bonds. The zero-order valence-corrected chi connectivity index (χ0v) is 22.0. The minimum atomic E-state index is -0.356. The Morgan fingerprint density at radius 3 is 2.70 bits per heavy atom. The number of aryl methyl sites for hydroxylation is 1. The Labute approximate surface area is 222 Å². The minimum absolute atomic E-state index is 0.214. The van der Waals surface area contributed by atoms with E-state index in [4.69, 9.17) is 26.4 Å². The molecule has 0 saturated carbocycles. The number of aromatic nitrogens is 2. The van der Waals surface area contributed by atoms with Crippen molar-refractivity contribution in [1.29, 1.82) is 0 Å². The summed E-state index contributed by atoms with van der Waals surface area (Å²) in [4.78, 5) is 49.4. The Morgan fingerprint density at radius 2 is 2.00 bits per heavy atom. The maximum absolute atomic E-state index is 13.7. The lowest BCUT2D eigenvalue weighted by Gasteiger charge is -2.35. The van der Waals surface area contributed by atoms with Gasteiger partial charge in [-0.3, -0.25) is 18.9 Å². The molecule has 0 spiro atoms. The summed E-state index contributed by atoms with van der Waals surface area (Å²) < 4.78 is 12.4. The van der Waals surface area contributed by atoms with E-state index in [-0.39, 0.29) is 24.1 Å². The zero-order valence-electron chi connectivity index (χ0n) is 20.4. The molecule has 3 aromatic heterocycles. The lowest BCUT2D eigenvalue weighted by molar-refractivity contribution is -0.122. The Hall–Kier alpha value is -3.64. The van der Waals surface area contributed by atoms with Crippen LogP contribution in [0.1, 0.15) is 23.8 Å². The lowest BCUT2D eigenvalue weighted by Crippen LogP contribution is -2.49. The van der Waals surface area contributed by atoms with Crippen molar-refractivity contribution in [2.24, 2.45) is 0 Å². The van der Waals surface area contributed by atoms with Gasteiger partial charge in [0.05, 0.1) is 29.9 Å². The number of hydrogen-bond acceptors (Lipinski definition) is 9. The molecule has 0 atom stereocenters. The summed E-state index contributed by atoms with van der Waals surface area (Å²) in [6, 6.07) is 7.21. The lowest BCUT2D eigenvalue weighted by atomic mass is 10.2. The van der Waals surface area contributed by atoms with Gasteiger partial charge >= 0.3 is 6.09 Å². The average Bonchev–Trinajstić information content (AvgIpc) is 3.50. The molecule has 5 rings (SSSR count). The van der Waals surface area contributed by atoms with Crippen molar-refractivity contribution in [3.63, 3.8) is 0 Å². The van der Waals surface area contributed by atoms with Crippen molar-refractivity contribution in [2.45, 2.75) is 20.4 Å². The molecule has 2 saturated heterocycles. The normalized spacial score (nSPS) is 17.4. The van der Waals surface area contributed by atoms with Crippen molar-refractivity contribution in [3.8, 4) is 0 Å². The highest BCUT2D eigenvalue weighted by molar-refractivity contribution is 8.26. The molecule has 37 heavy (non-hydrogen) atoms. The third-order valence-corrected chi connectivity index (χ3v) is 7.59. The first-order chi connectivity index (χ1) is 17.9. The van der Waals surface area contributed by atoms with Crippen LogP contribution in [-0.4, -0.2) is 68.3 Å². The van der Waals surface area contributed by atoms with Crippen LogP contribution < -0.4 is 10.5 Å². The molecule has 2 aliphatic heterocycles. The number of hydrogen-bond donors (Lipinski definition) is 0. The second-order valence-electron chi connectivity index (χ2n) is 8.56. The fourth-order valence-electron chi connectivity index (χ4n) is 4.31. The first kappa shape index (κ1) is 25.0. The SMILES string of the molecule is CCOC(=O)N1CCN(c2nc3c(C)cccn3c(=O)c2C=C2SC(=S)N(Cc3ccco3)C2=O)CC1. The van der Waals surface area contributed by atoms with Crippen molar-refractivity contribution >= 4 is 57.8 Å². The molecular weight excluding hydrogens is 514 g/mol. The summed E-state index contributed by atoms with van der Waals surface area (Å²) in [7, 11) is 0. The number of thioether (sulfide) groups is 1. The van der Waals surface area contributed by atoms with E-state index in [2.05, 4.69) is 0 Å². The highest BCUT2D eigenvalue weighted by atomic mass is 32.2. The quantitative estimate of drug-likeness (QED) is 0.357. The van der Waals surface area contributed by atoms with Gasteiger partial charge in [-0.2, -0.15) is 0 Å². The summed E-state index contributed by atoms with van der Waals surface area (Å²) >= 11 is 6.60. The van der Waals surface area contributed by atoms with Crippen LogP contribution in [0, 0.1) is 6.92 Å². The van der Waals surface area contributed by atoms with E-state index < -0.39 is 0 Å². The summed E-state index contributed by atoms with van der Waals surface area (Å²) in [5, 5.41) is 0. The fraction of sp³-hybridized carbons (Fsp3) is 0.320. The van der Waals surface area contributed by atoms with Crippen molar-refractivity contribution in [2.75, 3.05) is 37.7 Å². The largest absolute Gasteiger partial charge is 0.467 e. The van der Waals surface area contributed by atoms with Gasteiger partial charge in [-0.15, -0.1) is 0 Å². The summed E-state index contributed by atoms with van der Waals surface area (Å²) in [5.74, 6) is 0.790. The van der Waals surface area contributed by atoms with Crippen molar-refractivity contribution < 1.29 is 18.7 Å². The first-order valence-electron chi connectivity index (χ1n) is 11.8. The van der Waals surface area contributed by atoms with Crippen molar-refractivity contribution in [3.05, 3.63) is 68.9 Å². The number of nitrogens with zero attached hydrogens (tertiary/aromatic N) is 5. The molecule has 2 aliphatic rings. The molecule has 192 valence electrons. The molecule has 0 unspecified atom stereocenters. The maximum atomic E-state index is 13.7. The van der Waals surface area contributed by atoms with Crippen LogP contribution in [0.5, 0.6) is 0 Å². The molecule has 10 nitrogen and oxygen atoms in total. The number of carbonyl (C=O) groups is 2. The smallest absolute Gasteiger partial charge is 0.409 e. The highest BCUT2D eigenvalue weighted by Crippen LogP contribution is 2.34. The van der Waals surface area contributed by atoms with E-state index in [0.717, 1.165) is 17.3 Å². The van der Waals surface area contributed by atoms with E-state index >= 15 is 0 Å². The van der Waals surface area contributed by atoms with Gasteiger partial charge in [0.25, 0.3) is 11.5 Å². The monoisotopic (exact) mass is 539 g/mol. The molecule has 2 fully saturated rings. The predicted octanol–water partition coefficient (Wildman–Crippen LogP) is 3.28. The van der Waals surface area contributed by atoms with Crippen LogP contribution in [0.4, 0.5) is 10.6 Å². The average molecular weight is 540 g/mol. The van der Waals surface area contributed by atoms with Gasteiger partial charge in [0, 0.05) is 32.4 Å². The number of rotatable bonds is 5. The van der Waals surface area contributed by atoms with Crippen LogP contribution >= 0.6 is 24.0 Å². The zero-order chi connectivity index (χ0) is 26.1. The Morgan fingerprint density at radius 1 is 1.22 bits per heavy atom. The van der Waals surface area contributed by atoms with E-state index in [1.54, 1.807) is 48.6 Å². The molecule has 5 heterocycles. The molecule has 0 radical (unpaired) electrons. The topological polar surface area (TPSA) is 101 Å². The van der Waals surface area contributed by atoms with Gasteiger partial charge < -0.3 is 19.0 Å². The highest BCUT2D eigenvalue weighted by Gasteiger charge is 2.34. The van der Waals surface area contributed by atoms with Gasteiger partial charge in [-0.1, -0.05) is 30.0 Å². The number of furan rings is 1. The Balaban J connectivity index is 1.52. The number of anilines is 1. The summed E-state index contributed by atoms with van der Waals surface area (Å²) in [5.41, 5.74) is 1.40. The number of amides is 2. The first-order valence-corrected chi connectivity index (χ1v) is 13.1. The molecule has 0 aliphatic carbocycles. The molecule has 0 bridgehead atoms. The number of thiocarbonyl (C=S) groups is 1. The second kappa shape index (κ2) is 10.4. The van der Waals surface area contributed by atoms with Gasteiger partial charge in [-0.05, 0) is 43.7 Å². The molecular formula is C25H25N5O5S2. The Bertz CT molecular complexity index is 1460. The number of ether oxygens (including phenoxy) is 1. The maximum Gasteiger partial charge on any atom is 0.409 e.